The van der Waals surface area contributed by atoms with Crippen LogP contribution in [0.3, 0.4) is 0 Å². The maximum Gasteiger partial charge on any atom is 0.248 e. The second-order valence-corrected chi connectivity index (χ2v) is 6.98. The van der Waals surface area contributed by atoms with Gasteiger partial charge in [0.1, 0.15) is 10.8 Å². The summed E-state index contributed by atoms with van der Waals surface area (Å²) in [5.41, 5.74) is 2.36. The van der Waals surface area contributed by atoms with Gasteiger partial charge >= 0.3 is 0 Å². The molecule has 1 N–H and O–H groups in total. The predicted octanol–water partition coefficient (Wildman–Crippen LogP) is 5.86. The molecule has 2 heterocycles. The number of benzene rings is 2. The molecule has 0 saturated heterocycles. The molecule has 0 radical (unpaired) electrons. The van der Waals surface area contributed by atoms with Crippen LogP contribution in [0.1, 0.15) is 5.76 Å². The van der Waals surface area contributed by atoms with E-state index >= 15 is 0 Å². The molecule has 6 heteroatoms. The highest BCUT2D eigenvalue weighted by Gasteiger charge is 2.13. The Morgan fingerprint density at radius 3 is 2.85 bits per heavy atom. The first-order valence-corrected chi connectivity index (χ1v) is 9.06. The summed E-state index contributed by atoms with van der Waals surface area (Å²) >= 11 is 7.73. The molecule has 128 valence electrons. The summed E-state index contributed by atoms with van der Waals surface area (Å²) in [4.78, 5) is 16.9. The number of para-hydroxylation sites is 1. The number of amides is 1. The molecule has 1 amide bonds. The maximum atomic E-state index is 12.3. The van der Waals surface area contributed by atoms with Gasteiger partial charge in [0.05, 0.1) is 22.2 Å². The third kappa shape index (κ3) is 3.54. The minimum absolute atomic E-state index is 0.258. The Morgan fingerprint density at radius 2 is 2.04 bits per heavy atom. The molecule has 0 aliphatic carbocycles. The molecule has 4 nitrogen and oxygen atoms in total. The first kappa shape index (κ1) is 16.6. The number of thiazole rings is 1. The molecule has 0 bridgehead atoms. The van der Waals surface area contributed by atoms with E-state index in [2.05, 4.69) is 10.3 Å². The second kappa shape index (κ2) is 7.15. The van der Waals surface area contributed by atoms with Crippen molar-refractivity contribution >= 4 is 50.8 Å². The molecule has 0 spiro atoms. The molecule has 4 aromatic rings. The number of furan rings is 1. The summed E-state index contributed by atoms with van der Waals surface area (Å²) in [6.07, 6.45) is 4.60. The van der Waals surface area contributed by atoms with Gasteiger partial charge in [-0.1, -0.05) is 23.7 Å². The number of fused-ring (bicyclic) bond motifs is 1. The molecule has 2 aromatic carbocycles. The van der Waals surface area contributed by atoms with Crippen molar-refractivity contribution in [3.63, 3.8) is 0 Å². The van der Waals surface area contributed by atoms with Gasteiger partial charge in [0.2, 0.25) is 5.91 Å². The smallest absolute Gasteiger partial charge is 0.248 e. The van der Waals surface area contributed by atoms with Crippen LogP contribution >= 0.6 is 22.9 Å². The minimum Gasteiger partial charge on any atom is -0.465 e. The van der Waals surface area contributed by atoms with Crippen LogP contribution in [0.5, 0.6) is 0 Å². The largest absolute Gasteiger partial charge is 0.465 e. The Bertz CT molecular complexity index is 1070. The summed E-state index contributed by atoms with van der Waals surface area (Å²) in [5, 5.41) is 4.27. The molecule has 0 aliphatic heterocycles. The Kier molecular flexibility index (Phi) is 4.56. The van der Waals surface area contributed by atoms with Gasteiger partial charge in [-0.2, -0.15) is 0 Å². The molecule has 0 atom stereocenters. The first-order valence-electron chi connectivity index (χ1n) is 7.87. The van der Waals surface area contributed by atoms with Crippen molar-refractivity contribution < 1.29 is 9.21 Å². The van der Waals surface area contributed by atoms with Crippen LogP contribution in [-0.2, 0) is 4.79 Å². The number of aromatic nitrogens is 1. The zero-order valence-electron chi connectivity index (χ0n) is 13.5. The van der Waals surface area contributed by atoms with Crippen LogP contribution in [0.15, 0.2) is 71.4 Å². The van der Waals surface area contributed by atoms with Crippen LogP contribution in [0.4, 0.5) is 5.69 Å². The van der Waals surface area contributed by atoms with Crippen LogP contribution in [0.25, 0.3) is 26.9 Å². The average Bonchev–Trinajstić information content (AvgIpc) is 3.30. The Hall–Kier alpha value is -2.89. The topological polar surface area (TPSA) is 55.1 Å². The van der Waals surface area contributed by atoms with Gasteiger partial charge in [-0.25, -0.2) is 4.98 Å². The lowest BCUT2D eigenvalue weighted by molar-refractivity contribution is -0.111. The van der Waals surface area contributed by atoms with E-state index in [4.69, 9.17) is 16.0 Å². The van der Waals surface area contributed by atoms with Crippen molar-refractivity contribution in [3.05, 3.63) is 77.7 Å². The second-order valence-electron chi connectivity index (χ2n) is 5.51. The van der Waals surface area contributed by atoms with Gasteiger partial charge in [-0.05, 0) is 48.5 Å². The summed E-state index contributed by atoms with van der Waals surface area (Å²) in [5.74, 6) is 0.355. The number of nitrogens with one attached hydrogen (secondary N) is 1. The number of halogens is 1. The van der Waals surface area contributed by atoms with Crippen molar-refractivity contribution in [1.82, 2.24) is 4.98 Å². The lowest BCUT2D eigenvalue weighted by atomic mass is 10.2. The van der Waals surface area contributed by atoms with E-state index in [1.54, 1.807) is 47.9 Å². The first-order chi connectivity index (χ1) is 12.7. The molecule has 0 aliphatic rings. The highest BCUT2D eigenvalue weighted by atomic mass is 35.5. The monoisotopic (exact) mass is 380 g/mol. The number of anilines is 1. The predicted molar refractivity (Wildman–Crippen MR) is 106 cm³/mol. The number of rotatable bonds is 4. The van der Waals surface area contributed by atoms with Crippen molar-refractivity contribution in [2.45, 2.75) is 0 Å². The summed E-state index contributed by atoms with van der Waals surface area (Å²) < 4.78 is 6.26. The summed E-state index contributed by atoms with van der Waals surface area (Å²) in [7, 11) is 0. The number of carbonyl (C=O) groups is 1. The quantitative estimate of drug-likeness (QED) is 0.451. The standard InChI is InChI=1S/C20H13ClN2O2S/c21-13-7-9-16(22-19(24)10-8-14-4-3-11-25-14)15(12-13)20-23-17-5-1-2-6-18(17)26-20/h1-12H,(H,22,24). The van der Waals surface area contributed by atoms with Gasteiger partial charge in [0.15, 0.2) is 0 Å². The molecular formula is C20H13ClN2O2S. The molecular weight excluding hydrogens is 368 g/mol. The number of nitrogens with zero attached hydrogens (tertiary/aromatic N) is 1. The highest BCUT2D eigenvalue weighted by Crippen LogP contribution is 2.36. The van der Waals surface area contributed by atoms with Crippen LogP contribution in [-0.4, -0.2) is 10.9 Å². The van der Waals surface area contributed by atoms with E-state index in [0.29, 0.717) is 16.5 Å². The lowest BCUT2D eigenvalue weighted by Gasteiger charge is -2.08. The number of hydrogen-bond acceptors (Lipinski definition) is 4. The van der Waals surface area contributed by atoms with E-state index in [9.17, 15) is 4.79 Å². The fourth-order valence-electron chi connectivity index (χ4n) is 2.51. The van der Waals surface area contributed by atoms with Gasteiger partial charge in [0, 0.05) is 16.7 Å². The van der Waals surface area contributed by atoms with Gasteiger partial charge in [-0.3, -0.25) is 4.79 Å². The third-order valence-electron chi connectivity index (χ3n) is 3.71. The van der Waals surface area contributed by atoms with E-state index in [1.807, 2.05) is 30.3 Å². The molecule has 2 aromatic heterocycles. The maximum absolute atomic E-state index is 12.3. The fourth-order valence-corrected chi connectivity index (χ4v) is 3.68. The van der Waals surface area contributed by atoms with E-state index in [0.717, 1.165) is 20.8 Å². The zero-order chi connectivity index (χ0) is 17.9. The normalized spacial score (nSPS) is 11.3. The molecule has 0 fully saturated rings. The average molecular weight is 381 g/mol. The third-order valence-corrected chi connectivity index (χ3v) is 5.01. The molecule has 0 saturated carbocycles. The summed E-state index contributed by atoms with van der Waals surface area (Å²) in [6.45, 7) is 0. The molecule has 4 rings (SSSR count). The van der Waals surface area contributed by atoms with Crippen molar-refractivity contribution in [2.75, 3.05) is 5.32 Å². The van der Waals surface area contributed by atoms with Crippen molar-refractivity contribution in [3.8, 4) is 10.6 Å². The van der Waals surface area contributed by atoms with Crippen molar-refractivity contribution in [1.29, 1.82) is 0 Å². The lowest BCUT2D eigenvalue weighted by Crippen LogP contribution is -2.08. The van der Waals surface area contributed by atoms with Crippen LogP contribution in [0.2, 0.25) is 5.02 Å². The van der Waals surface area contributed by atoms with Crippen LogP contribution in [0, 0.1) is 0 Å². The minimum atomic E-state index is -0.258. The van der Waals surface area contributed by atoms with Gasteiger partial charge in [-0.15, -0.1) is 11.3 Å². The van der Waals surface area contributed by atoms with Gasteiger partial charge < -0.3 is 9.73 Å². The number of hydrogen-bond donors (Lipinski definition) is 1. The van der Waals surface area contributed by atoms with E-state index in [1.165, 1.54) is 6.08 Å². The Morgan fingerprint density at radius 1 is 1.15 bits per heavy atom. The number of carbonyl (C=O) groups excluding carboxylic acids is 1. The SMILES string of the molecule is O=C(C=Cc1ccco1)Nc1ccc(Cl)cc1-c1nc2ccccc2s1. The van der Waals surface area contributed by atoms with E-state index in [-0.39, 0.29) is 5.91 Å². The molecule has 26 heavy (non-hydrogen) atoms. The summed E-state index contributed by atoms with van der Waals surface area (Å²) in [6, 6.07) is 16.8. The fraction of sp³-hybridized carbons (Fsp3) is 0. The van der Waals surface area contributed by atoms with Gasteiger partial charge in [0.25, 0.3) is 0 Å². The highest BCUT2D eigenvalue weighted by molar-refractivity contribution is 7.21. The Balaban J connectivity index is 1.65. The van der Waals surface area contributed by atoms with Crippen molar-refractivity contribution in [2.24, 2.45) is 0 Å². The van der Waals surface area contributed by atoms with Crippen LogP contribution < -0.4 is 5.32 Å². The van der Waals surface area contributed by atoms with E-state index < -0.39 is 0 Å². The Labute approximate surface area is 158 Å². The zero-order valence-corrected chi connectivity index (χ0v) is 15.1. The molecule has 0 unspecified atom stereocenters.